The fourth-order valence-corrected chi connectivity index (χ4v) is 5.51. The van der Waals surface area contributed by atoms with Crippen LogP contribution in [0.2, 0.25) is 0 Å². The Hall–Kier alpha value is -2.87. The third kappa shape index (κ3) is 2.96. The first kappa shape index (κ1) is 21.0. The van der Waals surface area contributed by atoms with E-state index in [1.807, 2.05) is 38.1 Å². The van der Waals surface area contributed by atoms with Gasteiger partial charge in [-0.1, -0.05) is 32.0 Å². The number of H-pyrrole nitrogens is 1. The molecule has 8 heteroatoms. The summed E-state index contributed by atoms with van der Waals surface area (Å²) < 4.78 is 5.60. The van der Waals surface area contributed by atoms with Crippen molar-refractivity contribution in [2.24, 2.45) is 5.92 Å². The molecule has 2 aromatic rings. The Kier molecular flexibility index (Phi) is 5.00. The quantitative estimate of drug-likeness (QED) is 0.702. The summed E-state index contributed by atoms with van der Waals surface area (Å²) in [5, 5.41) is 4.00. The molecule has 8 nitrogen and oxygen atoms in total. The summed E-state index contributed by atoms with van der Waals surface area (Å²) in [4.78, 5) is 46.8. The highest BCUT2D eigenvalue weighted by Crippen LogP contribution is 2.45. The number of amides is 4. The molecule has 3 aliphatic heterocycles. The fraction of sp³-hybridized carbons (Fsp3) is 0.542. The van der Waals surface area contributed by atoms with E-state index in [9.17, 15) is 14.4 Å². The van der Waals surface area contributed by atoms with Gasteiger partial charge in [-0.3, -0.25) is 9.59 Å². The molecule has 2 saturated heterocycles. The third-order valence-electron chi connectivity index (χ3n) is 7.20. The molecule has 4 amide bonds. The number of ether oxygens (including phenoxy) is 1. The summed E-state index contributed by atoms with van der Waals surface area (Å²) in [5.74, 6) is -0.877. The van der Waals surface area contributed by atoms with E-state index in [1.165, 1.54) is 4.90 Å². The number of carbonyl (C=O) groups excluding carboxylic acids is 3. The second kappa shape index (κ2) is 7.62. The maximum Gasteiger partial charge on any atom is 0.328 e. The number of nitrogens with zero attached hydrogens (tertiary/aromatic N) is 2. The highest BCUT2D eigenvalue weighted by molar-refractivity contribution is 6.11. The Morgan fingerprint density at radius 1 is 1.31 bits per heavy atom. The minimum Gasteiger partial charge on any atom is -0.376 e. The lowest BCUT2D eigenvalue weighted by Crippen LogP contribution is -2.54. The number of hydrogen-bond acceptors (Lipinski definition) is 4. The number of aromatic amines is 1. The summed E-state index contributed by atoms with van der Waals surface area (Å²) >= 11 is 0. The molecule has 5 rings (SSSR count). The van der Waals surface area contributed by atoms with Crippen molar-refractivity contribution in [3.8, 4) is 0 Å². The van der Waals surface area contributed by atoms with Gasteiger partial charge in [-0.05, 0) is 43.7 Å². The van der Waals surface area contributed by atoms with E-state index in [-0.39, 0.29) is 23.8 Å². The van der Waals surface area contributed by atoms with Gasteiger partial charge in [-0.15, -0.1) is 0 Å². The highest BCUT2D eigenvalue weighted by Gasteiger charge is 2.61. The van der Waals surface area contributed by atoms with Gasteiger partial charge >= 0.3 is 6.03 Å². The zero-order valence-corrected chi connectivity index (χ0v) is 18.8. The van der Waals surface area contributed by atoms with Crippen LogP contribution in [0.4, 0.5) is 4.79 Å². The van der Waals surface area contributed by atoms with Crippen LogP contribution in [0.25, 0.3) is 10.9 Å². The number of nitrogens with one attached hydrogen (secondary N) is 2. The molecule has 4 heterocycles. The van der Waals surface area contributed by atoms with E-state index >= 15 is 0 Å². The zero-order valence-electron chi connectivity index (χ0n) is 18.8. The van der Waals surface area contributed by atoms with Gasteiger partial charge in [0.05, 0.1) is 11.8 Å². The molecule has 3 aliphatic rings. The Morgan fingerprint density at radius 3 is 2.81 bits per heavy atom. The average molecular weight is 439 g/mol. The number of imide groups is 1. The average Bonchev–Trinajstić information content (AvgIpc) is 3.46. The Bertz CT molecular complexity index is 1090. The van der Waals surface area contributed by atoms with Crippen molar-refractivity contribution < 1.29 is 19.1 Å². The number of rotatable bonds is 5. The van der Waals surface area contributed by atoms with Crippen molar-refractivity contribution in [1.82, 2.24) is 20.1 Å². The lowest BCUT2D eigenvalue weighted by atomic mass is 9.86. The zero-order chi connectivity index (χ0) is 22.6. The molecule has 2 fully saturated rings. The minimum absolute atomic E-state index is 0.00509. The minimum atomic E-state index is -1.15. The molecule has 3 atom stereocenters. The van der Waals surface area contributed by atoms with Gasteiger partial charge in [0.1, 0.15) is 6.04 Å². The number of fused-ring (bicyclic) bond motifs is 5. The van der Waals surface area contributed by atoms with Crippen LogP contribution in [0.5, 0.6) is 0 Å². The summed E-state index contributed by atoms with van der Waals surface area (Å²) in [5.41, 5.74) is 1.64. The van der Waals surface area contributed by atoms with E-state index in [1.54, 1.807) is 11.8 Å². The van der Waals surface area contributed by atoms with Crippen molar-refractivity contribution in [1.29, 1.82) is 0 Å². The van der Waals surface area contributed by atoms with Crippen LogP contribution in [-0.4, -0.2) is 64.5 Å². The van der Waals surface area contributed by atoms with Crippen molar-refractivity contribution in [3.63, 3.8) is 0 Å². The van der Waals surface area contributed by atoms with Gasteiger partial charge < -0.3 is 19.9 Å². The second-order valence-corrected chi connectivity index (χ2v) is 9.52. The molecule has 2 N–H and O–H groups in total. The summed E-state index contributed by atoms with van der Waals surface area (Å²) in [6, 6.07) is 6.69. The Morgan fingerprint density at radius 2 is 2.09 bits per heavy atom. The van der Waals surface area contributed by atoms with Crippen molar-refractivity contribution in [3.05, 3.63) is 35.5 Å². The molecule has 1 aromatic heterocycles. The molecule has 0 spiro atoms. The Balaban J connectivity index is 1.48. The van der Waals surface area contributed by atoms with Gasteiger partial charge in [-0.25, -0.2) is 9.69 Å². The van der Waals surface area contributed by atoms with Crippen LogP contribution in [-0.2, 0) is 26.3 Å². The molecule has 0 bridgehead atoms. The first-order chi connectivity index (χ1) is 15.3. The molecule has 32 heavy (non-hydrogen) atoms. The molecule has 0 aliphatic carbocycles. The van der Waals surface area contributed by atoms with Crippen molar-refractivity contribution in [2.45, 2.75) is 57.7 Å². The molecular formula is C24H30N4O4. The van der Waals surface area contributed by atoms with Gasteiger partial charge in [0, 0.05) is 30.6 Å². The molecular weight excluding hydrogens is 408 g/mol. The lowest BCUT2D eigenvalue weighted by Gasteiger charge is -2.36. The first-order valence-electron chi connectivity index (χ1n) is 11.5. The van der Waals surface area contributed by atoms with Gasteiger partial charge in [0.25, 0.3) is 5.91 Å². The van der Waals surface area contributed by atoms with Crippen LogP contribution in [0.15, 0.2) is 24.3 Å². The lowest BCUT2D eigenvalue weighted by molar-refractivity contribution is -0.141. The number of aromatic nitrogens is 1. The van der Waals surface area contributed by atoms with Crippen LogP contribution in [0, 0.1) is 5.92 Å². The van der Waals surface area contributed by atoms with Gasteiger partial charge in [0.2, 0.25) is 5.91 Å². The largest absolute Gasteiger partial charge is 0.376 e. The summed E-state index contributed by atoms with van der Waals surface area (Å²) in [7, 11) is 0. The SMILES string of the molecule is CC(C)[C@@H](C(=O)NCC1CCCO1)N1C(=O)N2CCc3c([nH]c4ccccc34)[C@@]2(C)C1=O. The van der Waals surface area contributed by atoms with E-state index in [0.29, 0.717) is 26.1 Å². The maximum absolute atomic E-state index is 13.9. The highest BCUT2D eigenvalue weighted by atomic mass is 16.5. The standard InChI is InChI=1S/C24H30N4O4/c1-14(2)19(21(29)25-13-15-7-6-12-32-15)28-22(30)24(3)20-17(10-11-27(24)23(28)31)16-8-4-5-9-18(16)26-20/h4-5,8-9,14-15,19,26H,6-7,10-13H2,1-3H3,(H,25,29)/t15?,19-,24-/m0/s1. The fourth-order valence-electron chi connectivity index (χ4n) is 5.51. The van der Waals surface area contributed by atoms with Crippen LogP contribution in [0.3, 0.4) is 0 Å². The second-order valence-electron chi connectivity index (χ2n) is 9.52. The molecule has 1 aromatic carbocycles. The Labute approximate surface area is 187 Å². The molecule has 1 unspecified atom stereocenters. The number of para-hydroxylation sites is 1. The number of carbonyl (C=O) groups is 3. The van der Waals surface area contributed by atoms with E-state index in [0.717, 1.165) is 35.0 Å². The van der Waals surface area contributed by atoms with Crippen molar-refractivity contribution >= 4 is 28.7 Å². The predicted octanol–water partition coefficient (Wildman–Crippen LogP) is 2.52. The van der Waals surface area contributed by atoms with E-state index in [4.69, 9.17) is 4.74 Å². The van der Waals surface area contributed by atoms with Crippen LogP contribution >= 0.6 is 0 Å². The molecule has 0 saturated carbocycles. The molecule has 0 radical (unpaired) electrons. The summed E-state index contributed by atoms with van der Waals surface area (Å²) in [6.45, 7) is 7.07. The molecule has 170 valence electrons. The smallest absolute Gasteiger partial charge is 0.328 e. The third-order valence-corrected chi connectivity index (χ3v) is 7.20. The number of hydrogen-bond donors (Lipinski definition) is 2. The van der Waals surface area contributed by atoms with Crippen LogP contribution < -0.4 is 5.32 Å². The normalized spacial score (nSPS) is 26.1. The summed E-state index contributed by atoms with van der Waals surface area (Å²) in [6.07, 6.45) is 2.55. The number of benzene rings is 1. The maximum atomic E-state index is 13.9. The first-order valence-corrected chi connectivity index (χ1v) is 11.5. The van der Waals surface area contributed by atoms with Gasteiger partial charge in [0.15, 0.2) is 5.54 Å². The topological polar surface area (TPSA) is 94.7 Å². The van der Waals surface area contributed by atoms with Crippen LogP contribution in [0.1, 0.15) is 44.9 Å². The van der Waals surface area contributed by atoms with E-state index in [2.05, 4.69) is 10.3 Å². The van der Waals surface area contributed by atoms with E-state index < -0.39 is 17.6 Å². The number of urea groups is 1. The monoisotopic (exact) mass is 438 g/mol. The van der Waals surface area contributed by atoms with Gasteiger partial charge in [-0.2, -0.15) is 0 Å². The van der Waals surface area contributed by atoms with Crippen molar-refractivity contribution in [2.75, 3.05) is 19.7 Å². The predicted molar refractivity (Wildman–Crippen MR) is 119 cm³/mol.